The summed E-state index contributed by atoms with van der Waals surface area (Å²) in [7, 11) is 0. The normalized spacial score (nSPS) is 16.8. The summed E-state index contributed by atoms with van der Waals surface area (Å²) in [4.78, 5) is 5.81. The Morgan fingerprint density at radius 2 is 2.42 bits per heavy atom. The molecule has 2 rings (SSSR count). The third kappa shape index (κ3) is 1.84. The van der Waals surface area contributed by atoms with Crippen molar-refractivity contribution in [2.75, 3.05) is 6.54 Å². The highest BCUT2D eigenvalue weighted by molar-refractivity contribution is 7.11. The molecule has 1 fully saturated rings. The van der Waals surface area contributed by atoms with Crippen molar-refractivity contribution in [2.24, 2.45) is 5.73 Å². The van der Waals surface area contributed by atoms with Crippen LogP contribution in [-0.2, 0) is 6.42 Å². The fourth-order valence-corrected chi connectivity index (χ4v) is 2.36. The highest BCUT2D eigenvalue weighted by Gasteiger charge is 2.26. The van der Waals surface area contributed by atoms with E-state index in [1.165, 1.54) is 22.7 Å². The van der Waals surface area contributed by atoms with Gasteiger partial charge in [0.25, 0.3) is 0 Å². The molecule has 0 radical (unpaired) electrons. The van der Waals surface area contributed by atoms with E-state index in [0.717, 1.165) is 25.3 Å². The number of rotatable bonds is 4. The minimum absolute atomic E-state index is 0.788. The van der Waals surface area contributed by atoms with E-state index in [9.17, 15) is 0 Å². The predicted octanol–water partition coefficient (Wildman–Crippen LogP) is 1.91. The van der Waals surface area contributed by atoms with Gasteiger partial charge in [0.05, 0.1) is 5.01 Å². The van der Waals surface area contributed by atoms with Gasteiger partial charge in [-0.3, -0.25) is 0 Å². The van der Waals surface area contributed by atoms with Crippen LogP contribution in [-0.4, -0.2) is 11.5 Å². The molecule has 1 aliphatic rings. The lowest BCUT2D eigenvalue weighted by atomic mass is 10.3. The molecule has 1 aromatic heterocycles. The second-order valence-electron chi connectivity index (χ2n) is 3.33. The molecular weight excluding hydrogens is 168 g/mol. The molecule has 1 saturated carbocycles. The van der Waals surface area contributed by atoms with Crippen LogP contribution < -0.4 is 5.73 Å². The van der Waals surface area contributed by atoms with Gasteiger partial charge in [0.2, 0.25) is 0 Å². The van der Waals surface area contributed by atoms with Crippen LogP contribution in [0.1, 0.15) is 35.1 Å². The number of aryl methyl sites for hydroxylation is 1. The summed E-state index contributed by atoms with van der Waals surface area (Å²) in [5, 5.41) is 1.35. The van der Waals surface area contributed by atoms with Crippen LogP contribution in [0.5, 0.6) is 0 Å². The molecule has 0 unspecified atom stereocenters. The van der Waals surface area contributed by atoms with Crippen molar-refractivity contribution in [1.82, 2.24) is 4.98 Å². The number of nitrogens with zero attached hydrogens (tertiary/aromatic N) is 1. The Labute approximate surface area is 76.8 Å². The molecule has 0 amide bonds. The quantitative estimate of drug-likeness (QED) is 0.772. The molecule has 0 bridgehead atoms. The van der Waals surface area contributed by atoms with Gasteiger partial charge in [-0.25, -0.2) is 4.98 Å². The van der Waals surface area contributed by atoms with Crippen LogP contribution in [0, 0.1) is 0 Å². The molecule has 1 heterocycles. The standard InChI is InChI=1S/C9H14N2S/c10-5-1-2-8-6-11-9(12-8)7-3-4-7/h6-7H,1-5,10H2. The molecule has 66 valence electrons. The molecule has 1 aliphatic carbocycles. The Kier molecular flexibility index (Phi) is 2.42. The molecule has 2 N–H and O–H groups in total. The average Bonchev–Trinajstić information content (AvgIpc) is 2.83. The average molecular weight is 182 g/mol. The second-order valence-corrected chi connectivity index (χ2v) is 4.48. The summed E-state index contributed by atoms with van der Waals surface area (Å²) in [6.07, 6.45) is 6.93. The van der Waals surface area contributed by atoms with Crippen molar-refractivity contribution in [2.45, 2.75) is 31.6 Å². The first kappa shape index (κ1) is 8.20. The summed E-state index contributed by atoms with van der Waals surface area (Å²) in [6.45, 7) is 0.788. The first-order valence-electron chi connectivity index (χ1n) is 4.55. The first-order valence-corrected chi connectivity index (χ1v) is 5.36. The zero-order chi connectivity index (χ0) is 8.39. The van der Waals surface area contributed by atoms with E-state index in [1.807, 2.05) is 17.5 Å². The summed E-state index contributed by atoms with van der Waals surface area (Å²) >= 11 is 1.88. The Balaban J connectivity index is 1.93. The highest BCUT2D eigenvalue weighted by atomic mass is 32.1. The molecule has 12 heavy (non-hydrogen) atoms. The smallest absolute Gasteiger partial charge is 0.0958 e. The topological polar surface area (TPSA) is 38.9 Å². The van der Waals surface area contributed by atoms with Crippen molar-refractivity contribution in [3.05, 3.63) is 16.1 Å². The molecule has 0 atom stereocenters. The van der Waals surface area contributed by atoms with E-state index in [-0.39, 0.29) is 0 Å². The van der Waals surface area contributed by atoms with Gasteiger partial charge in [-0.2, -0.15) is 0 Å². The number of thiazole rings is 1. The van der Waals surface area contributed by atoms with Gasteiger partial charge in [-0.1, -0.05) is 0 Å². The lowest BCUT2D eigenvalue weighted by molar-refractivity contribution is 0.841. The Bertz CT molecular complexity index is 253. The van der Waals surface area contributed by atoms with Gasteiger partial charge in [-0.15, -0.1) is 11.3 Å². The fraction of sp³-hybridized carbons (Fsp3) is 0.667. The molecular formula is C9H14N2S. The van der Waals surface area contributed by atoms with Crippen molar-refractivity contribution in [1.29, 1.82) is 0 Å². The molecule has 0 saturated heterocycles. The minimum atomic E-state index is 0.788. The molecule has 1 aromatic rings. The molecule has 0 spiro atoms. The predicted molar refractivity (Wildman–Crippen MR) is 51.5 cm³/mol. The Morgan fingerprint density at radius 3 is 3.08 bits per heavy atom. The fourth-order valence-electron chi connectivity index (χ4n) is 1.23. The van der Waals surface area contributed by atoms with Crippen LogP contribution in [0.2, 0.25) is 0 Å². The largest absolute Gasteiger partial charge is 0.330 e. The lowest BCUT2D eigenvalue weighted by Crippen LogP contribution is -1.99. The third-order valence-corrected chi connectivity index (χ3v) is 3.34. The number of hydrogen-bond acceptors (Lipinski definition) is 3. The molecule has 2 nitrogen and oxygen atoms in total. The van der Waals surface area contributed by atoms with E-state index in [0.29, 0.717) is 0 Å². The van der Waals surface area contributed by atoms with Crippen LogP contribution in [0.4, 0.5) is 0 Å². The van der Waals surface area contributed by atoms with Gasteiger partial charge in [0.1, 0.15) is 0 Å². The maximum Gasteiger partial charge on any atom is 0.0958 e. The summed E-state index contributed by atoms with van der Waals surface area (Å²) in [5.41, 5.74) is 5.44. The van der Waals surface area contributed by atoms with Crippen molar-refractivity contribution < 1.29 is 0 Å². The van der Waals surface area contributed by atoms with Gasteiger partial charge in [0, 0.05) is 17.0 Å². The van der Waals surface area contributed by atoms with Gasteiger partial charge >= 0.3 is 0 Å². The zero-order valence-corrected chi connectivity index (χ0v) is 7.94. The van der Waals surface area contributed by atoms with Crippen molar-refractivity contribution in [3.8, 4) is 0 Å². The molecule has 3 heteroatoms. The molecule has 0 aromatic carbocycles. The summed E-state index contributed by atoms with van der Waals surface area (Å²) in [6, 6.07) is 0. The van der Waals surface area contributed by atoms with Gasteiger partial charge < -0.3 is 5.73 Å². The Hall–Kier alpha value is -0.410. The zero-order valence-electron chi connectivity index (χ0n) is 7.12. The van der Waals surface area contributed by atoms with Crippen molar-refractivity contribution >= 4 is 11.3 Å². The van der Waals surface area contributed by atoms with E-state index in [2.05, 4.69) is 4.98 Å². The Morgan fingerprint density at radius 1 is 1.58 bits per heavy atom. The van der Waals surface area contributed by atoms with E-state index in [1.54, 1.807) is 0 Å². The third-order valence-electron chi connectivity index (χ3n) is 2.13. The molecule has 0 aliphatic heterocycles. The lowest BCUT2D eigenvalue weighted by Gasteiger charge is -1.90. The monoisotopic (exact) mass is 182 g/mol. The summed E-state index contributed by atoms with van der Waals surface area (Å²) in [5.74, 6) is 0.807. The van der Waals surface area contributed by atoms with Crippen LogP contribution in [0.25, 0.3) is 0 Å². The highest BCUT2D eigenvalue weighted by Crippen LogP contribution is 2.41. The van der Waals surface area contributed by atoms with Gasteiger partial charge in [0.15, 0.2) is 0 Å². The van der Waals surface area contributed by atoms with E-state index < -0.39 is 0 Å². The number of aromatic nitrogens is 1. The van der Waals surface area contributed by atoms with Crippen LogP contribution in [0.15, 0.2) is 6.20 Å². The van der Waals surface area contributed by atoms with Crippen molar-refractivity contribution in [3.63, 3.8) is 0 Å². The SMILES string of the molecule is NCCCc1cnc(C2CC2)s1. The maximum atomic E-state index is 5.44. The number of hydrogen-bond donors (Lipinski definition) is 1. The van der Waals surface area contributed by atoms with Gasteiger partial charge in [-0.05, 0) is 32.2 Å². The van der Waals surface area contributed by atoms with E-state index in [4.69, 9.17) is 5.73 Å². The first-order chi connectivity index (χ1) is 5.90. The number of nitrogens with two attached hydrogens (primary N) is 1. The summed E-state index contributed by atoms with van der Waals surface area (Å²) < 4.78 is 0. The van der Waals surface area contributed by atoms with E-state index >= 15 is 0 Å². The van der Waals surface area contributed by atoms with Crippen LogP contribution in [0.3, 0.4) is 0 Å². The second kappa shape index (κ2) is 3.54. The maximum absolute atomic E-state index is 5.44. The van der Waals surface area contributed by atoms with Crippen LogP contribution >= 0.6 is 11.3 Å². The minimum Gasteiger partial charge on any atom is -0.330 e.